The molecule has 3 rings (SSSR count). The Morgan fingerprint density at radius 1 is 1.42 bits per heavy atom. The van der Waals surface area contributed by atoms with Crippen LogP contribution in [0.25, 0.3) is 0 Å². The van der Waals surface area contributed by atoms with E-state index in [1.54, 1.807) is 12.1 Å². The van der Waals surface area contributed by atoms with Gasteiger partial charge in [-0.05, 0) is 37.0 Å². The summed E-state index contributed by atoms with van der Waals surface area (Å²) in [5.41, 5.74) is -0.569. The lowest BCUT2D eigenvalue weighted by Crippen LogP contribution is -2.34. The number of hydrogen-bond donors (Lipinski definition) is 1. The predicted octanol–water partition coefficient (Wildman–Crippen LogP) is 3.20. The van der Waals surface area contributed by atoms with Crippen LogP contribution in [0.1, 0.15) is 29.6 Å². The molecule has 0 aliphatic heterocycles. The van der Waals surface area contributed by atoms with Gasteiger partial charge in [0.05, 0.1) is 12.2 Å². The predicted molar refractivity (Wildman–Crippen MR) is 63.6 cm³/mol. The van der Waals surface area contributed by atoms with Gasteiger partial charge in [-0.25, -0.2) is 13.6 Å². The van der Waals surface area contributed by atoms with Crippen LogP contribution < -0.4 is 4.74 Å². The summed E-state index contributed by atoms with van der Waals surface area (Å²) < 4.78 is 31.5. The molecule has 1 spiro atoms. The summed E-state index contributed by atoms with van der Waals surface area (Å²) >= 11 is 0. The van der Waals surface area contributed by atoms with E-state index in [1.165, 1.54) is 12.1 Å². The molecule has 0 heterocycles. The SMILES string of the molecule is O=C(O)c1cccc(OCC2CC3(C2)CC3(F)F)c1. The molecule has 2 saturated carbocycles. The molecule has 1 aromatic carbocycles. The Balaban J connectivity index is 1.51. The zero-order chi connectivity index (χ0) is 13.7. The Morgan fingerprint density at radius 2 is 2.11 bits per heavy atom. The molecule has 2 aliphatic rings. The monoisotopic (exact) mass is 268 g/mol. The highest BCUT2D eigenvalue weighted by atomic mass is 19.3. The third kappa shape index (κ3) is 2.07. The van der Waals surface area contributed by atoms with Crippen molar-refractivity contribution in [1.29, 1.82) is 0 Å². The van der Waals surface area contributed by atoms with Crippen LogP contribution in [0.3, 0.4) is 0 Å². The summed E-state index contributed by atoms with van der Waals surface area (Å²) in [6.07, 6.45) is 1.04. The fraction of sp³-hybridized carbons (Fsp3) is 0.500. The molecule has 0 amide bonds. The molecule has 5 heteroatoms. The topological polar surface area (TPSA) is 46.5 Å². The lowest BCUT2D eigenvalue weighted by molar-refractivity contribution is -0.0108. The van der Waals surface area contributed by atoms with Crippen molar-refractivity contribution in [3.63, 3.8) is 0 Å². The average Bonchev–Trinajstić information content (AvgIpc) is 2.89. The molecular weight excluding hydrogens is 254 g/mol. The molecule has 1 aromatic rings. The first-order valence-electron chi connectivity index (χ1n) is 6.26. The highest BCUT2D eigenvalue weighted by Crippen LogP contribution is 2.72. The molecule has 0 radical (unpaired) electrons. The maximum atomic E-state index is 13.0. The Morgan fingerprint density at radius 3 is 2.68 bits per heavy atom. The molecule has 19 heavy (non-hydrogen) atoms. The van der Waals surface area contributed by atoms with E-state index in [4.69, 9.17) is 9.84 Å². The van der Waals surface area contributed by atoms with Gasteiger partial charge in [-0.2, -0.15) is 0 Å². The summed E-state index contributed by atoms with van der Waals surface area (Å²) in [4.78, 5) is 10.8. The van der Waals surface area contributed by atoms with Crippen LogP contribution in [0.2, 0.25) is 0 Å². The molecule has 0 saturated heterocycles. The first kappa shape index (κ1) is 12.4. The van der Waals surface area contributed by atoms with E-state index in [0.717, 1.165) is 0 Å². The van der Waals surface area contributed by atoms with Crippen LogP contribution in [0.15, 0.2) is 24.3 Å². The van der Waals surface area contributed by atoms with Crippen LogP contribution in [-0.2, 0) is 0 Å². The number of ether oxygens (including phenoxy) is 1. The number of carbonyl (C=O) groups is 1. The minimum atomic E-state index is -2.47. The molecular formula is C14H14F2O3. The molecule has 0 unspecified atom stereocenters. The quantitative estimate of drug-likeness (QED) is 0.912. The summed E-state index contributed by atoms with van der Waals surface area (Å²) in [6, 6.07) is 6.21. The van der Waals surface area contributed by atoms with Crippen LogP contribution in [0.4, 0.5) is 8.78 Å². The van der Waals surface area contributed by atoms with Gasteiger partial charge in [0, 0.05) is 11.8 Å². The fourth-order valence-electron chi connectivity index (χ4n) is 2.92. The van der Waals surface area contributed by atoms with Crippen molar-refractivity contribution in [2.24, 2.45) is 11.3 Å². The zero-order valence-corrected chi connectivity index (χ0v) is 10.2. The number of aromatic carboxylic acids is 1. The number of carboxylic acids is 1. The van der Waals surface area contributed by atoms with Gasteiger partial charge in [-0.15, -0.1) is 0 Å². The first-order chi connectivity index (χ1) is 8.92. The molecule has 2 fully saturated rings. The highest BCUT2D eigenvalue weighted by Gasteiger charge is 2.75. The molecule has 0 bridgehead atoms. The Hall–Kier alpha value is -1.65. The Labute approximate surface area is 109 Å². The molecule has 102 valence electrons. The zero-order valence-electron chi connectivity index (χ0n) is 10.2. The van der Waals surface area contributed by atoms with E-state index in [9.17, 15) is 13.6 Å². The Kier molecular flexibility index (Phi) is 2.56. The lowest BCUT2D eigenvalue weighted by atomic mass is 9.72. The number of halogens is 2. The lowest BCUT2D eigenvalue weighted by Gasteiger charge is -2.35. The molecule has 3 nitrogen and oxygen atoms in total. The van der Waals surface area contributed by atoms with E-state index in [0.29, 0.717) is 25.2 Å². The average molecular weight is 268 g/mol. The second-order valence-electron chi connectivity index (χ2n) is 5.58. The molecule has 1 N–H and O–H groups in total. The highest BCUT2D eigenvalue weighted by molar-refractivity contribution is 5.87. The number of carboxylic acid groups (broad SMARTS) is 1. The number of hydrogen-bond acceptors (Lipinski definition) is 2. The standard InChI is InChI=1S/C14H14F2O3/c15-14(16)8-13(14)5-9(6-13)7-19-11-3-1-2-10(4-11)12(17)18/h1-4,9H,5-8H2,(H,17,18). The summed E-state index contributed by atoms with van der Waals surface area (Å²) in [7, 11) is 0. The molecule has 0 aromatic heterocycles. The summed E-state index contributed by atoms with van der Waals surface area (Å²) in [6.45, 7) is 0.376. The van der Waals surface area contributed by atoms with Gasteiger partial charge in [0.2, 0.25) is 0 Å². The number of alkyl halides is 2. The van der Waals surface area contributed by atoms with Crippen LogP contribution >= 0.6 is 0 Å². The van der Waals surface area contributed by atoms with E-state index in [2.05, 4.69) is 0 Å². The largest absolute Gasteiger partial charge is 0.493 e. The number of rotatable bonds is 4. The van der Waals surface area contributed by atoms with Gasteiger partial charge in [0.15, 0.2) is 0 Å². The van der Waals surface area contributed by atoms with Crippen molar-refractivity contribution in [3.8, 4) is 5.75 Å². The second-order valence-corrected chi connectivity index (χ2v) is 5.58. The summed E-state index contributed by atoms with van der Waals surface area (Å²) in [5, 5.41) is 8.84. The number of benzene rings is 1. The maximum Gasteiger partial charge on any atom is 0.335 e. The van der Waals surface area contributed by atoms with Crippen molar-refractivity contribution in [3.05, 3.63) is 29.8 Å². The second kappa shape index (κ2) is 3.92. The normalized spacial score (nSPS) is 30.7. The van der Waals surface area contributed by atoms with Crippen LogP contribution in [0, 0.1) is 11.3 Å². The van der Waals surface area contributed by atoms with Gasteiger partial charge in [-0.1, -0.05) is 6.07 Å². The van der Waals surface area contributed by atoms with Crippen molar-refractivity contribution in [1.82, 2.24) is 0 Å². The van der Waals surface area contributed by atoms with Gasteiger partial charge in [0.1, 0.15) is 5.75 Å². The minimum Gasteiger partial charge on any atom is -0.493 e. The third-order valence-electron chi connectivity index (χ3n) is 4.14. The van der Waals surface area contributed by atoms with Gasteiger partial charge < -0.3 is 9.84 Å². The van der Waals surface area contributed by atoms with Crippen molar-refractivity contribution in [2.75, 3.05) is 6.61 Å². The Bertz CT molecular complexity index is 521. The smallest absolute Gasteiger partial charge is 0.335 e. The van der Waals surface area contributed by atoms with Crippen molar-refractivity contribution >= 4 is 5.97 Å². The van der Waals surface area contributed by atoms with Gasteiger partial charge in [0.25, 0.3) is 5.92 Å². The van der Waals surface area contributed by atoms with E-state index in [-0.39, 0.29) is 17.9 Å². The van der Waals surface area contributed by atoms with Crippen LogP contribution in [0.5, 0.6) is 5.75 Å². The van der Waals surface area contributed by atoms with Crippen molar-refractivity contribution < 1.29 is 23.4 Å². The van der Waals surface area contributed by atoms with E-state index in [1.807, 2.05) is 0 Å². The van der Waals surface area contributed by atoms with E-state index < -0.39 is 17.3 Å². The van der Waals surface area contributed by atoms with Crippen molar-refractivity contribution in [2.45, 2.75) is 25.2 Å². The molecule has 0 atom stereocenters. The van der Waals surface area contributed by atoms with Crippen LogP contribution in [-0.4, -0.2) is 23.6 Å². The van der Waals surface area contributed by atoms with E-state index >= 15 is 0 Å². The third-order valence-corrected chi connectivity index (χ3v) is 4.14. The minimum absolute atomic E-state index is 0.0188. The molecule has 2 aliphatic carbocycles. The fourth-order valence-corrected chi connectivity index (χ4v) is 2.92. The van der Waals surface area contributed by atoms with Gasteiger partial charge in [-0.3, -0.25) is 0 Å². The first-order valence-corrected chi connectivity index (χ1v) is 6.26. The maximum absolute atomic E-state index is 13.0. The summed E-state index contributed by atoms with van der Waals surface area (Å²) in [5.74, 6) is -2.84. The van der Waals surface area contributed by atoms with Gasteiger partial charge >= 0.3 is 5.97 Å².